The standard InChI is InChI=1S/C29H33NO6S/c1-5-37-13-12-36-29(33)26-17(2)30-22-14-20(19-8-11-24(34-3)25(16-19)35-4)15-23(32)28(22)27(26)18-6-9-21(31)10-7-18/h6-11,16,20,27,30-31H,5,12-15H2,1-4H3/t20-,27+/m1/s1. The quantitative estimate of drug-likeness (QED) is 0.348. The highest BCUT2D eigenvalue weighted by Gasteiger charge is 2.41. The maximum Gasteiger partial charge on any atom is 0.336 e. The van der Waals surface area contributed by atoms with Gasteiger partial charge in [-0.1, -0.05) is 25.1 Å². The minimum Gasteiger partial charge on any atom is -0.508 e. The number of hydrogen-bond acceptors (Lipinski definition) is 8. The molecule has 0 amide bonds. The zero-order valence-electron chi connectivity index (χ0n) is 21.6. The molecule has 0 spiro atoms. The number of ether oxygens (including phenoxy) is 3. The van der Waals surface area contributed by atoms with Gasteiger partial charge in [0.15, 0.2) is 17.3 Å². The average molecular weight is 524 g/mol. The molecule has 2 atom stereocenters. The number of ketones is 1. The van der Waals surface area contributed by atoms with Crippen LogP contribution < -0.4 is 14.8 Å². The van der Waals surface area contributed by atoms with Crippen LogP contribution in [0.25, 0.3) is 0 Å². The van der Waals surface area contributed by atoms with Crippen molar-refractivity contribution in [3.8, 4) is 17.2 Å². The molecule has 4 rings (SSSR count). The van der Waals surface area contributed by atoms with Crippen molar-refractivity contribution in [3.63, 3.8) is 0 Å². The van der Waals surface area contributed by atoms with Crippen molar-refractivity contribution >= 4 is 23.5 Å². The van der Waals surface area contributed by atoms with E-state index in [9.17, 15) is 14.7 Å². The molecule has 196 valence electrons. The van der Waals surface area contributed by atoms with E-state index in [0.29, 0.717) is 53.5 Å². The summed E-state index contributed by atoms with van der Waals surface area (Å²) in [6.07, 6.45) is 0.914. The molecule has 2 aromatic carbocycles. The third-order valence-corrected chi connectivity index (χ3v) is 7.68. The molecule has 0 saturated heterocycles. The van der Waals surface area contributed by atoms with Crippen molar-refractivity contribution < 1.29 is 28.9 Å². The fourth-order valence-electron chi connectivity index (χ4n) is 5.07. The third-order valence-electron chi connectivity index (χ3n) is 6.82. The summed E-state index contributed by atoms with van der Waals surface area (Å²) in [5, 5.41) is 13.2. The molecule has 1 aliphatic heterocycles. The maximum absolute atomic E-state index is 13.7. The van der Waals surface area contributed by atoms with Gasteiger partial charge in [-0.15, -0.1) is 0 Å². The number of phenolic OH excluding ortho intramolecular Hbond substituents is 1. The van der Waals surface area contributed by atoms with Crippen molar-refractivity contribution in [2.24, 2.45) is 0 Å². The van der Waals surface area contributed by atoms with E-state index in [1.165, 1.54) is 0 Å². The summed E-state index contributed by atoms with van der Waals surface area (Å²) in [5.41, 5.74) is 4.25. The minimum atomic E-state index is -0.568. The van der Waals surface area contributed by atoms with Crippen LogP contribution in [0.4, 0.5) is 0 Å². The van der Waals surface area contributed by atoms with Crippen molar-refractivity contribution in [3.05, 3.63) is 76.1 Å². The van der Waals surface area contributed by atoms with Gasteiger partial charge in [-0.2, -0.15) is 11.8 Å². The van der Waals surface area contributed by atoms with Gasteiger partial charge in [0.2, 0.25) is 0 Å². The van der Waals surface area contributed by atoms with Gasteiger partial charge in [-0.05, 0) is 60.4 Å². The molecule has 0 bridgehead atoms. The van der Waals surface area contributed by atoms with Gasteiger partial charge < -0.3 is 24.6 Å². The van der Waals surface area contributed by atoms with Crippen LogP contribution in [0.5, 0.6) is 17.2 Å². The highest BCUT2D eigenvalue weighted by Crippen LogP contribution is 2.46. The zero-order chi connectivity index (χ0) is 26.5. The van der Waals surface area contributed by atoms with Crippen LogP contribution in [0.1, 0.15) is 49.7 Å². The Labute approximate surface area is 221 Å². The predicted molar refractivity (Wildman–Crippen MR) is 144 cm³/mol. The van der Waals surface area contributed by atoms with Gasteiger partial charge in [0.05, 0.1) is 19.8 Å². The number of nitrogens with one attached hydrogen (secondary N) is 1. The van der Waals surface area contributed by atoms with Crippen LogP contribution in [0.2, 0.25) is 0 Å². The molecular weight excluding hydrogens is 490 g/mol. The van der Waals surface area contributed by atoms with Crippen LogP contribution in [0.3, 0.4) is 0 Å². The average Bonchev–Trinajstić information content (AvgIpc) is 2.90. The van der Waals surface area contributed by atoms with E-state index in [2.05, 4.69) is 12.2 Å². The Morgan fingerprint density at radius 2 is 1.76 bits per heavy atom. The molecule has 0 saturated carbocycles. The van der Waals surface area contributed by atoms with Gasteiger partial charge in [0, 0.05) is 35.1 Å². The van der Waals surface area contributed by atoms with E-state index in [1.807, 2.05) is 25.1 Å². The molecule has 0 unspecified atom stereocenters. The summed E-state index contributed by atoms with van der Waals surface area (Å²) in [6, 6.07) is 12.4. The number of phenols is 1. The van der Waals surface area contributed by atoms with Gasteiger partial charge in [-0.3, -0.25) is 4.79 Å². The van der Waals surface area contributed by atoms with Gasteiger partial charge in [0.1, 0.15) is 12.4 Å². The lowest BCUT2D eigenvalue weighted by Crippen LogP contribution is -2.36. The molecule has 1 heterocycles. The number of methoxy groups -OCH3 is 2. The Morgan fingerprint density at radius 3 is 2.43 bits per heavy atom. The molecular formula is C29H33NO6S. The van der Waals surface area contributed by atoms with E-state index in [1.54, 1.807) is 50.2 Å². The Bertz CT molecular complexity index is 1230. The van der Waals surface area contributed by atoms with E-state index in [0.717, 1.165) is 22.6 Å². The number of carbonyl (C=O) groups excluding carboxylic acids is 2. The number of allylic oxidation sites excluding steroid dienone is 3. The molecule has 7 nitrogen and oxygen atoms in total. The SMILES string of the molecule is CCSCCOC(=O)C1=C(C)NC2=C(C(=O)C[C@H](c3ccc(OC)c(OC)c3)C2)[C@H]1c1ccc(O)cc1. The molecule has 37 heavy (non-hydrogen) atoms. The molecule has 1 aliphatic carbocycles. The fourth-order valence-corrected chi connectivity index (χ4v) is 5.56. The number of thioether (sulfide) groups is 1. The molecule has 2 aliphatic rings. The highest BCUT2D eigenvalue weighted by molar-refractivity contribution is 7.99. The molecule has 0 fully saturated rings. The summed E-state index contributed by atoms with van der Waals surface area (Å²) < 4.78 is 16.5. The van der Waals surface area contributed by atoms with Crippen molar-refractivity contribution in [1.82, 2.24) is 5.32 Å². The topological polar surface area (TPSA) is 94.1 Å². The Balaban J connectivity index is 1.70. The number of dihydropyridines is 1. The predicted octanol–water partition coefficient (Wildman–Crippen LogP) is 5.07. The Hall–Kier alpha value is -3.39. The van der Waals surface area contributed by atoms with E-state index >= 15 is 0 Å². The summed E-state index contributed by atoms with van der Waals surface area (Å²) in [7, 11) is 3.18. The maximum atomic E-state index is 13.7. The fraction of sp³-hybridized carbons (Fsp3) is 0.379. The first-order chi connectivity index (χ1) is 17.9. The van der Waals surface area contributed by atoms with Crippen LogP contribution in [0.15, 0.2) is 65.0 Å². The van der Waals surface area contributed by atoms with Gasteiger partial charge in [0.25, 0.3) is 0 Å². The monoisotopic (exact) mass is 523 g/mol. The third kappa shape index (κ3) is 5.64. The highest BCUT2D eigenvalue weighted by atomic mass is 32.2. The first-order valence-electron chi connectivity index (χ1n) is 12.4. The second-order valence-electron chi connectivity index (χ2n) is 9.06. The summed E-state index contributed by atoms with van der Waals surface area (Å²) in [4.78, 5) is 27.0. The molecule has 2 aromatic rings. The number of benzene rings is 2. The second kappa shape index (κ2) is 11.8. The zero-order valence-corrected chi connectivity index (χ0v) is 22.4. The lowest BCUT2D eigenvalue weighted by atomic mass is 9.71. The number of Topliss-reactive ketones (excluding diaryl/α,β-unsaturated/α-hetero) is 1. The summed E-state index contributed by atoms with van der Waals surface area (Å²) in [5.74, 6) is 1.97. The summed E-state index contributed by atoms with van der Waals surface area (Å²) in [6.45, 7) is 4.21. The largest absolute Gasteiger partial charge is 0.508 e. The number of hydrogen-bond donors (Lipinski definition) is 2. The van der Waals surface area contributed by atoms with E-state index in [4.69, 9.17) is 14.2 Å². The lowest BCUT2D eigenvalue weighted by Gasteiger charge is -2.36. The van der Waals surface area contributed by atoms with Gasteiger partial charge in [-0.25, -0.2) is 4.79 Å². The van der Waals surface area contributed by atoms with Crippen LogP contribution in [-0.2, 0) is 14.3 Å². The van der Waals surface area contributed by atoms with E-state index < -0.39 is 11.9 Å². The normalized spacial score (nSPS) is 19.3. The van der Waals surface area contributed by atoms with Crippen molar-refractivity contribution in [2.75, 3.05) is 32.3 Å². The summed E-state index contributed by atoms with van der Waals surface area (Å²) >= 11 is 1.70. The first-order valence-corrected chi connectivity index (χ1v) is 13.5. The number of carbonyl (C=O) groups is 2. The number of aromatic hydroxyl groups is 1. The van der Waals surface area contributed by atoms with Gasteiger partial charge >= 0.3 is 5.97 Å². The minimum absolute atomic E-state index is 0.0223. The van der Waals surface area contributed by atoms with Crippen molar-refractivity contribution in [1.29, 1.82) is 0 Å². The lowest BCUT2D eigenvalue weighted by molar-refractivity contribution is -0.138. The van der Waals surface area contributed by atoms with Crippen molar-refractivity contribution in [2.45, 2.75) is 38.5 Å². The molecule has 0 aromatic heterocycles. The molecule has 0 radical (unpaired) electrons. The Morgan fingerprint density at radius 1 is 1.05 bits per heavy atom. The van der Waals surface area contributed by atoms with Crippen LogP contribution in [-0.4, -0.2) is 49.2 Å². The Kier molecular flexibility index (Phi) is 8.48. The number of esters is 1. The number of rotatable bonds is 9. The van der Waals surface area contributed by atoms with Crippen LogP contribution >= 0.6 is 11.8 Å². The first kappa shape index (κ1) is 26.7. The van der Waals surface area contributed by atoms with Crippen LogP contribution in [0, 0.1) is 0 Å². The van der Waals surface area contributed by atoms with E-state index in [-0.39, 0.29) is 17.5 Å². The molecule has 8 heteroatoms. The second-order valence-corrected chi connectivity index (χ2v) is 10.4. The molecule has 2 N–H and O–H groups in total. The smallest absolute Gasteiger partial charge is 0.336 e.